The van der Waals surface area contributed by atoms with Gasteiger partial charge in [0.2, 0.25) is 5.91 Å². The topological polar surface area (TPSA) is 79.9 Å². The lowest BCUT2D eigenvalue weighted by molar-refractivity contribution is -0.121. The number of nitrogens with one attached hydrogen (secondary N) is 1. The van der Waals surface area contributed by atoms with Crippen LogP contribution in [0.15, 0.2) is 24.3 Å². The number of nitrogens with zero attached hydrogens (tertiary/aromatic N) is 3. The first-order chi connectivity index (χ1) is 12.5. The molecule has 0 aliphatic carbocycles. The fourth-order valence-corrected chi connectivity index (χ4v) is 2.71. The van der Waals surface area contributed by atoms with Crippen LogP contribution in [0.4, 0.5) is 4.39 Å². The summed E-state index contributed by atoms with van der Waals surface area (Å²) in [6, 6.07) is 8.27. The van der Waals surface area contributed by atoms with Crippen molar-refractivity contribution in [2.24, 2.45) is 0 Å². The molecule has 0 spiro atoms. The van der Waals surface area contributed by atoms with Crippen LogP contribution in [0.2, 0.25) is 0 Å². The standard InChI is InChI=1S/C19H23FN4O2/c1-14-16(15(2)24(23-14)12-5-10-21)8-9-19(25)22-11-13-26-18-7-4-3-6-17(18)20/h3-4,6-7H,5,8-9,11-13H2,1-2H3,(H,22,25). The van der Waals surface area contributed by atoms with Gasteiger partial charge in [-0.2, -0.15) is 10.4 Å². The number of carbonyl (C=O) groups is 1. The normalized spacial score (nSPS) is 10.4. The molecule has 0 aliphatic rings. The minimum atomic E-state index is -0.418. The fourth-order valence-electron chi connectivity index (χ4n) is 2.71. The molecule has 0 radical (unpaired) electrons. The van der Waals surface area contributed by atoms with Crippen molar-refractivity contribution in [3.05, 3.63) is 47.0 Å². The second kappa shape index (κ2) is 9.56. The number of benzene rings is 1. The number of hydrogen-bond acceptors (Lipinski definition) is 4. The Morgan fingerprint density at radius 3 is 2.88 bits per heavy atom. The maximum Gasteiger partial charge on any atom is 0.220 e. The Hall–Kier alpha value is -2.88. The monoisotopic (exact) mass is 358 g/mol. The van der Waals surface area contributed by atoms with E-state index in [1.165, 1.54) is 6.07 Å². The number of amides is 1. The first-order valence-electron chi connectivity index (χ1n) is 8.56. The molecule has 6 nitrogen and oxygen atoms in total. The van der Waals surface area contributed by atoms with Gasteiger partial charge in [0.25, 0.3) is 0 Å². The van der Waals surface area contributed by atoms with Crippen molar-refractivity contribution in [3.8, 4) is 11.8 Å². The summed E-state index contributed by atoms with van der Waals surface area (Å²) in [5.74, 6) is -0.332. The van der Waals surface area contributed by atoms with Gasteiger partial charge in [0.1, 0.15) is 6.61 Å². The third-order valence-corrected chi connectivity index (χ3v) is 4.09. The van der Waals surface area contributed by atoms with Gasteiger partial charge in [0.15, 0.2) is 11.6 Å². The van der Waals surface area contributed by atoms with Crippen LogP contribution in [0, 0.1) is 31.0 Å². The number of ether oxygens (including phenoxy) is 1. The number of nitriles is 1. The van der Waals surface area contributed by atoms with Gasteiger partial charge in [-0.3, -0.25) is 9.48 Å². The van der Waals surface area contributed by atoms with Crippen LogP contribution in [0.3, 0.4) is 0 Å². The van der Waals surface area contributed by atoms with E-state index in [0.717, 1.165) is 17.0 Å². The first kappa shape index (κ1) is 19.4. The molecule has 2 aromatic rings. The van der Waals surface area contributed by atoms with Crippen molar-refractivity contribution in [1.82, 2.24) is 15.1 Å². The number of rotatable bonds is 9. The molecule has 0 unspecified atom stereocenters. The van der Waals surface area contributed by atoms with Crippen molar-refractivity contribution in [2.45, 2.75) is 39.7 Å². The van der Waals surface area contributed by atoms with E-state index in [4.69, 9.17) is 10.00 Å². The summed E-state index contributed by atoms with van der Waals surface area (Å²) < 4.78 is 20.5. The molecule has 26 heavy (non-hydrogen) atoms. The molecule has 1 heterocycles. The molecule has 1 N–H and O–H groups in total. The Balaban J connectivity index is 1.74. The Kier molecular flexibility index (Phi) is 7.15. The van der Waals surface area contributed by atoms with E-state index in [2.05, 4.69) is 16.5 Å². The summed E-state index contributed by atoms with van der Waals surface area (Å²) in [5.41, 5.74) is 2.92. The molecule has 1 amide bonds. The van der Waals surface area contributed by atoms with Crippen LogP contribution in [0.25, 0.3) is 0 Å². The molecule has 2 rings (SSSR count). The number of aryl methyl sites for hydroxylation is 2. The van der Waals surface area contributed by atoms with E-state index in [1.54, 1.807) is 18.2 Å². The van der Waals surface area contributed by atoms with Gasteiger partial charge in [-0.1, -0.05) is 12.1 Å². The molecular formula is C19H23FN4O2. The van der Waals surface area contributed by atoms with Crippen LogP contribution < -0.4 is 10.1 Å². The second-order valence-corrected chi connectivity index (χ2v) is 5.91. The predicted octanol–water partition coefficient (Wildman–Crippen LogP) is 2.68. The molecule has 0 saturated carbocycles. The number of hydrogen-bond donors (Lipinski definition) is 1. The minimum absolute atomic E-state index is 0.0919. The molecule has 0 fully saturated rings. The molecule has 0 saturated heterocycles. The molecule has 7 heteroatoms. The molecule has 138 valence electrons. The first-order valence-corrected chi connectivity index (χ1v) is 8.56. The van der Waals surface area contributed by atoms with E-state index < -0.39 is 5.82 Å². The zero-order chi connectivity index (χ0) is 18.9. The largest absolute Gasteiger partial charge is 0.489 e. The maximum atomic E-state index is 13.4. The van der Waals surface area contributed by atoms with Gasteiger partial charge in [-0.25, -0.2) is 4.39 Å². The van der Waals surface area contributed by atoms with Crippen molar-refractivity contribution in [2.75, 3.05) is 13.2 Å². The minimum Gasteiger partial charge on any atom is -0.489 e. The zero-order valence-corrected chi connectivity index (χ0v) is 15.1. The highest BCUT2D eigenvalue weighted by Crippen LogP contribution is 2.16. The van der Waals surface area contributed by atoms with Crippen LogP contribution in [0.5, 0.6) is 5.75 Å². The molecule has 0 bridgehead atoms. The summed E-state index contributed by atoms with van der Waals surface area (Å²) in [4.78, 5) is 12.0. The molecule has 0 aliphatic heterocycles. The maximum absolute atomic E-state index is 13.4. The van der Waals surface area contributed by atoms with Crippen molar-refractivity contribution < 1.29 is 13.9 Å². The van der Waals surface area contributed by atoms with Crippen LogP contribution in [-0.2, 0) is 17.8 Å². The third kappa shape index (κ3) is 5.31. The second-order valence-electron chi connectivity index (χ2n) is 5.91. The van der Waals surface area contributed by atoms with Gasteiger partial charge in [-0.05, 0) is 38.0 Å². The van der Waals surface area contributed by atoms with Crippen LogP contribution in [0.1, 0.15) is 29.8 Å². The zero-order valence-electron chi connectivity index (χ0n) is 15.1. The van der Waals surface area contributed by atoms with E-state index in [1.807, 2.05) is 18.5 Å². The molecule has 1 aromatic carbocycles. The molecular weight excluding hydrogens is 335 g/mol. The van der Waals surface area contributed by atoms with Crippen molar-refractivity contribution in [3.63, 3.8) is 0 Å². The van der Waals surface area contributed by atoms with E-state index in [-0.39, 0.29) is 18.3 Å². The van der Waals surface area contributed by atoms with Crippen LogP contribution in [-0.4, -0.2) is 28.8 Å². The van der Waals surface area contributed by atoms with Crippen molar-refractivity contribution in [1.29, 1.82) is 5.26 Å². The summed E-state index contributed by atoms with van der Waals surface area (Å²) in [6.07, 6.45) is 1.33. The van der Waals surface area contributed by atoms with E-state index >= 15 is 0 Å². The van der Waals surface area contributed by atoms with Gasteiger partial charge < -0.3 is 10.1 Å². The summed E-state index contributed by atoms with van der Waals surface area (Å²) >= 11 is 0. The number of aromatic nitrogens is 2. The van der Waals surface area contributed by atoms with Crippen molar-refractivity contribution >= 4 is 5.91 Å². The Bertz CT molecular complexity index is 795. The van der Waals surface area contributed by atoms with Gasteiger partial charge >= 0.3 is 0 Å². The molecule has 0 atom stereocenters. The Labute approximate surface area is 152 Å². The number of para-hydroxylation sites is 1. The highest BCUT2D eigenvalue weighted by Gasteiger charge is 2.13. The van der Waals surface area contributed by atoms with E-state index in [0.29, 0.717) is 32.4 Å². The lowest BCUT2D eigenvalue weighted by Crippen LogP contribution is -2.28. The lowest BCUT2D eigenvalue weighted by atomic mass is 10.1. The fraction of sp³-hybridized carbons (Fsp3) is 0.421. The van der Waals surface area contributed by atoms with Gasteiger partial charge in [0.05, 0.1) is 31.3 Å². The van der Waals surface area contributed by atoms with E-state index in [9.17, 15) is 9.18 Å². The highest BCUT2D eigenvalue weighted by molar-refractivity contribution is 5.76. The Morgan fingerprint density at radius 2 is 2.15 bits per heavy atom. The number of carbonyl (C=O) groups excluding carboxylic acids is 1. The summed E-state index contributed by atoms with van der Waals surface area (Å²) in [7, 11) is 0. The Morgan fingerprint density at radius 1 is 1.38 bits per heavy atom. The quantitative estimate of drug-likeness (QED) is 0.699. The SMILES string of the molecule is Cc1nn(CCC#N)c(C)c1CCC(=O)NCCOc1ccccc1F. The lowest BCUT2D eigenvalue weighted by Gasteiger charge is -2.08. The third-order valence-electron chi connectivity index (χ3n) is 4.09. The smallest absolute Gasteiger partial charge is 0.220 e. The van der Waals surface area contributed by atoms with Gasteiger partial charge in [-0.15, -0.1) is 0 Å². The summed E-state index contributed by atoms with van der Waals surface area (Å²) in [5, 5.41) is 15.9. The predicted molar refractivity (Wildman–Crippen MR) is 95.2 cm³/mol. The average molecular weight is 358 g/mol. The highest BCUT2D eigenvalue weighted by atomic mass is 19.1. The molecule has 1 aromatic heterocycles. The number of halogens is 1. The average Bonchev–Trinajstić information content (AvgIpc) is 2.90. The van der Waals surface area contributed by atoms with Crippen LogP contribution >= 0.6 is 0 Å². The van der Waals surface area contributed by atoms with Gasteiger partial charge in [0, 0.05) is 12.1 Å². The summed E-state index contributed by atoms with van der Waals surface area (Å²) in [6.45, 7) is 4.93.